The van der Waals surface area contributed by atoms with Crippen LogP contribution in [0, 0.1) is 5.82 Å². The third kappa shape index (κ3) is 2.34. The van der Waals surface area contributed by atoms with Crippen molar-refractivity contribution in [2.24, 2.45) is 0 Å². The first-order valence-electron chi connectivity index (χ1n) is 5.01. The van der Waals surface area contributed by atoms with Crippen LogP contribution in [0.1, 0.15) is 10.4 Å². The number of aromatic nitrogens is 2. The summed E-state index contributed by atoms with van der Waals surface area (Å²) < 4.78 is 13.0. The molecule has 2 aromatic rings. The summed E-state index contributed by atoms with van der Waals surface area (Å²) >= 11 is 0. The van der Waals surface area contributed by atoms with Gasteiger partial charge in [0.2, 0.25) is 0 Å². The van der Waals surface area contributed by atoms with Crippen LogP contribution in [-0.2, 0) is 0 Å². The molecule has 5 N–H and O–H groups in total. The molecule has 2 rings (SSSR count). The highest BCUT2D eigenvalue weighted by Crippen LogP contribution is 2.21. The minimum atomic E-state index is -0.539. The molecule has 18 heavy (non-hydrogen) atoms. The van der Waals surface area contributed by atoms with Gasteiger partial charge in [-0.2, -0.15) is 0 Å². The minimum absolute atomic E-state index is 0.0484. The standard InChI is InChI=1S/C11H10FN5O/c12-7-3-1-2-6(4-7)11(18)17-8-9(13)15-5-16-10(8)14/h1-5H,(H,17,18)(H4,13,14,15,16). The van der Waals surface area contributed by atoms with Crippen molar-refractivity contribution in [3.63, 3.8) is 0 Å². The highest BCUT2D eigenvalue weighted by Gasteiger charge is 2.12. The van der Waals surface area contributed by atoms with E-state index in [0.717, 1.165) is 6.07 Å². The predicted molar refractivity (Wildman–Crippen MR) is 65.2 cm³/mol. The number of rotatable bonds is 2. The molecule has 6 nitrogen and oxygen atoms in total. The molecule has 92 valence electrons. The molecule has 1 aromatic carbocycles. The molecule has 0 aliphatic heterocycles. The van der Waals surface area contributed by atoms with E-state index in [4.69, 9.17) is 11.5 Å². The van der Waals surface area contributed by atoms with Crippen LogP contribution in [-0.4, -0.2) is 15.9 Å². The lowest BCUT2D eigenvalue weighted by molar-refractivity contribution is 0.102. The van der Waals surface area contributed by atoms with Gasteiger partial charge in [0.25, 0.3) is 5.91 Å². The Morgan fingerprint density at radius 2 is 1.89 bits per heavy atom. The number of amides is 1. The number of nitrogen functional groups attached to an aromatic ring is 2. The van der Waals surface area contributed by atoms with E-state index in [9.17, 15) is 9.18 Å². The molecular formula is C11H10FN5O. The number of hydrogen-bond acceptors (Lipinski definition) is 5. The number of hydrogen-bond donors (Lipinski definition) is 3. The molecule has 0 fully saturated rings. The average molecular weight is 247 g/mol. The maximum Gasteiger partial charge on any atom is 0.255 e. The lowest BCUT2D eigenvalue weighted by atomic mass is 10.2. The topological polar surface area (TPSA) is 107 Å². The normalized spacial score (nSPS) is 10.1. The highest BCUT2D eigenvalue weighted by atomic mass is 19.1. The van der Waals surface area contributed by atoms with Crippen molar-refractivity contribution in [2.75, 3.05) is 16.8 Å². The number of nitrogens with two attached hydrogens (primary N) is 2. The Morgan fingerprint density at radius 3 is 2.50 bits per heavy atom. The maximum atomic E-state index is 13.0. The number of carbonyl (C=O) groups excluding carboxylic acids is 1. The summed E-state index contributed by atoms with van der Waals surface area (Å²) in [6.45, 7) is 0. The van der Waals surface area contributed by atoms with Crippen molar-refractivity contribution in [1.29, 1.82) is 0 Å². The van der Waals surface area contributed by atoms with Crippen LogP contribution in [0.4, 0.5) is 21.7 Å². The summed E-state index contributed by atoms with van der Waals surface area (Å²) in [5.74, 6) is -0.949. The van der Waals surface area contributed by atoms with Crippen LogP contribution in [0.15, 0.2) is 30.6 Å². The predicted octanol–water partition coefficient (Wildman–Crippen LogP) is 1.03. The second kappa shape index (κ2) is 4.66. The van der Waals surface area contributed by atoms with Crippen molar-refractivity contribution < 1.29 is 9.18 Å². The van der Waals surface area contributed by atoms with Crippen LogP contribution >= 0.6 is 0 Å². The average Bonchev–Trinajstić information content (AvgIpc) is 2.34. The quantitative estimate of drug-likeness (QED) is 0.734. The fourth-order valence-electron chi connectivity index (χ4n) is 1.36. The molecular weight excluding hydrogens is 237 g/mol. The molecule has 0 aliphatic carbocycles. The highest BCUT2D eigenvalue weighted by molar-refractivity contribution is 6.06. The molecule has 0 bridgehead atoms. The van der Waals surface area contributed by atoms with Crippen molar-refractivity contribution in [1.82, 2.24) is 9.97 Å². The van der Waals surface area contributed by atoms with Crippen LogP contribution in [0.3, 0.4) is 0 Å². The van der Waals surface area contributed by atoms with E-state index in [0.29, 0.717) is 0 Å². The van der Waals surface area contributed by atoms with Crippen molar-refractivity contribution in [3.05, 3.63) is 42.0 Å². The van der Waals surface area contributed by atoms with Crippen molar-refractivity contribution in [2.45, 2.75) is 0 Å². The molecule has 0 saturated heterocycles. The fraction of sp³-hybridized carbons (Fsp3) is 0. The Labute approximate surface area is 102 Å². The minimum Gasteiger partial charge on any atom is -0.382 e. The Kier molecular flexibility index (Phi) is 3.05. The van der Waals surface area contributed by atoms with Crippen molar-refractivity contribution >= 4 is 23.2 Å². The van der Waals surface area contributed by atoms with Gasteiger partial charge in [-0.05, 0) is 18.2 Å². The lowest BCUT2D eigenvalue weighted by Crippen LogP contribution is -2.16. The zero-order valence-electron chi connectivity index (χ0n) is 9.22. The first kappa shape index (κ1) is 11.8. The lowest BCUT2D eigenvalue weighted by Gasteiger charge is -2.08. The number of benzene rings is 1. The van der Waals surface area contributed by atoms with Crippen molar-refractivity contribution in [3.8, 4) is 0 Å². The van der Waals surface area contributed by atoms with Gasteiger partial charge in [-0.1, -0.05) is 6.07 Å². The number of halogens is 1. The fourth-order valence-corrected chi connectivity index (χ4v) is 1.36. The smallest absolute Gasteiger partial charge is 0.255 e. The Balaban J connectivity index is 2.27. The number of nitrogens with zero attached hydrogens (tertiary/aromatic N) is 2. The van der Waals surface area contributed by atoms with E-state index in [1.54, 1.807) is 0 Å². The van der Waals surface area contributed by atoms with Gasteiger partial charge in [-0.3, -0.25) is 4.79 Å². The van der Waals surface area contributed by atoms with Crippen LogP contribution in [0.5, 0.6) is 0 Å². The first-order chi connectivity index (χ1) is 8.58. The molecule has 0 spiro atoms. The Hall–Kier alpha value is -2.70. The summed E-state index contributed by atoms with van der Waals surface area (Å²) in [5, 5.41) is 2.44. The molecule has 0 atom stereocenters. The second-order valence-corrected chi connectivity index (χ2v) is 3.48. The van der Waals surface area contributed by atoms with Gasteiger partial charge >= 0.3 is 0 Å². The Bertz CT molecular complexity index is 581. The monoisotopic (exact) mass is 247 g/mol. The SMILES string of the molecule is Nc1ncnc(N)c1NC(=O)c1cccc(F)c1. The van der Waals surface area contributed by atoms with Gasteiger partial charge in [-0.15, -0.1) is 0 Å². The second-order valence-electron chi connectivity index (χ2n) is 3.48. The van der Waals surface area contributed by atoms with E-state index in [2.05, 4.69) is 15.3 Å². The molecule has 1 aromatic heterocycles. The van der Waals surface area contributed by atoms with E-state index in [1.165, 1.54) is 24.5 Å². The van der Waals surface area contributed by atoms with Crippen LogP contribution in [0.25, 0.3) is 0 Å². The molecule has 0 unspecified atom stereocenters. The van der Waals surface area contributed by atoms with E-state index >= 15 is 0 Å². The van der Waals surface area contributed by atoms with Gasteiger partial charge in [0.1, 0.15) is 17.8 Å². The molecule has 0 radical (unpaired) electrons. The summed E-state index contributed by atoms with van der Waals surface area (Å²) in [6, 6.07) is 5.24. The number of anilines is 3. The number of nitrogens with one attached hydrogen (secondary N) is 1. The molecule has 1 amide bonds. The zero-order valence-corrected chi connectivity index (χ0v) is 9.22. The molecule has 0 saturated carbocycles. The van der Waals surface area contributed by atoms with Gasteiger partial charge in [-0.25, -0.2) is 14.4 Å². The van der Waals surface area contributed by atoms with Gasteiger partial charge in [0, 0.05) is 5.56 Å². The summed E-state index contributed by atoms with van der Waals surface area (Å²) in [5.41, 5.74) is 11.4. The van der Waals surface area contributed by atoms with Gasteiger partial charge in [0.05, 0.1) is 0 Å². The molecule has 7 heteroatoms. The largest absolute Gasteiger partial charge is 0.382 e. The first-order valence-corrected chi connectivity index (χ1v) is 5.01. The Morgan fingerprint density at radius 1 is 1.22 bits per heavy atom. The van der Waals surface area contributed by atoms with E-state index < -0.39 is 11.7 Å². The summed E-state index contributed by atoms with van der Waals surface area (Å²) in [7, 11) is 0. The summed E-state index contributed by atoms with van der Waals surface area (Å²) in [4.78, 5) is 19.2. The molecule has 1 heterocycles. The third-order valence-electron chi connectivity index (χ3n) is 2.23. The van der Waals surface area contributed by atoms with E-state index in [-0.39, 0.29) is 22.9 Å². The van der Waals surface area contributed by atoms with Crippen LogP contribution in [0.2, 0.25) is 0 Å². The van der Waals surface area contributed by atoms with E-state index in [1.807, 2.05) is 0 Å². The summed E-state index contributed by atoms with van der Waals surface area (Å²) in [6.07, 6.45) is 1.18. The zero-order chi connectivity index (χ0) is 13.1. The third-order valence-corrected chi connectivity index (χ3v) is 2.23. The van der Waals surface area contributed by atoms with Gasteiger partial charge in [0.15, 0.2) is 11.6 Å². The van der Waals surface area contributed by atoms with Crippen LogP contribution < -0.4 is 16.8 Å². The molecule has 0 aliphatic rings. The number of carbonyl (C=O) groups is 1. The van der Waals surface area contributed by atoms with Gasteiger partial charge < -0.3 is 16.8 Å². The maximum absolute atomic E-state index is 13.0.